The number of carbonyl (C=O) groups is 2. The lowest BCUT2D eigenvalue weighted by Crippen LogP contribution is -2.55. The van der Waals surface area contributed by atoms with Crippen molar-refractivity contribution in [1.82, 2.24) is 5.32 Å². The summed E-state index contributed by atoms with van der Waals surface area (Å²) in [5.74, 6) is -0.864. The van der Waals surface area contributed by atoms with Crippen LogP contribution in [0.4, 0.5) is 0 Å². The number of carboxylic acid groups (broad SMARTS) is 1. The van der Waals surface area contributed by atoms with E-state index in [1.54, 1.807) is 6.07 Å². The van der Waals surface area contributed by atoms with Crippen LogP contribution in [-0.2, 0) is 9.53 Å². The largest absolute Gasteiger partial charge is 0.493 e. The van der Waals surface area contributed by atoms with Crippen LogP contribution in [0.25, 0.3) is 0 Å². The average molecular weight is 297 g/mol. The summed E-state index contributed by atoms with van der Waals surface area (Å²) in [6, 6.07) is 4.57. The van der Waals surface area contributed by atoms with E-state index in [2.05, 4.69) is 5.32 Å². The third kappa shape index (κ3) is 3.85. The molecule has 1 aromatic rings. The molecule has 0 spiro atoms. The maximum absolute atomic E-state index is 12.2. The van der Waals surface area contributed by atoms with Crippen LogP contribution in [0.1, 0.15) is 17.3 Å². The normalized spacial score (nSPS) is 13.1. The Morgan fingerprint density at radius 3 is 2.29 bits per heavy atom. The van der Waals surface area contributed by atoms with Gasteiger partial charge >= 0.3 is 5.97 Å². The standard InChI is InChI=1S/C14H19NO6/c1-14(8-19-2,13(17)18)15-12(16)9-5-6-10(20-3)11(7-9)21-4/h5-7H,8H2,1-4H3,(H,15,16)(H,17,18). The lowest BCUT2D eigenvalue weighted by Gasteiger charge is -2.25. The van der Waals surface area contributed by atoms with Gasteiger partial charge in [0.25, 0.3) is 5.91 Å². The predicted molar refractivity (Wildman–Crippen MR) is 74.9 cm³/mol. The lowest BCUT2D eigenvalue weighted by molar-refractivity contribution is -0.145. The number of methoxy groups -OCH3 is 3. The zero-order valence-corrected chi connectivity index (χ0v) is 12.4. The van der Waals surface area contributed by atoms with Gasteiger partial charge in [-0.25, -0.2) is 4.79 Å². The number of carbonyl (C=O) groups excluding carboxylic acids is 1. The number of hydrogen-bond donors (Lipinski definition) is 2. The number of carboxylic acids is 1. The van der Waals surface area contributed by atoms with Crippen LogP contribution < -0.4 is 14.8 Å². The van der Waals surface area contributed by atoms with Crippen molar-refractivity contribution in [3.05, 3.63) is 23.8 Å². The number of ether oxygens (including phenoxy) is 3. The molecular formula is C14H19NO6. The highest BCUT2D eigenvalue weighted by Crippen LogP contribution is 2.27. The van der Waals surface area contributed by atoms with Gasteiger partial charge in [-0.1, -0.05) is 0 Å². The highest BCUT2D eigenvalue weighted by Gasteiger charge is 2.35. The summed E-state index contributed by atoms with van der Waals surface area (Å²) in [5.41, 5.74) is -1.25. The minimum absolute atomic E-state index is 0.151. The highest BCUT2D eigenvalue weighted by atomic mass is 16.5. The lowest BCUT2D eigenvalue weighted by atomic mass is 10.0. The first-order valence-corrected chi connectivity index (χ1v) is 6.15. The molecule has 0 saturated heterocycles. The van der Waals surface area contributed by atoms with Crippen molar-refractivity contribution in [2.45, 2.75) is 12.5 Å². The third-order valence-electron chi connectivity index (χ3n) is 2.94. The first-order valence-electron chi connectivity index (χ1n) is 6.15. The summed E-state index contributed by atoms with van der Waals surface area (Å²) in [4.78, 5) is 23.4. The van der Waals surface area contributed by atoms with Crippen molar-refractivity contribution in [1.29, 1.82) is 0 Å². The summed E-state index contributed by atoms with van der Waals surface area (Å²) in [7, 11) is 4.30. The maximum atomic E-state index is 12.2. The van der Waals surface area contributed by atoms with Crippen LogP contribution in [0.15, 0.2) is 18.2 Å². The fourth-order valence-electron chi connectivity index (χ4n) is 1.74. The molecule has 0 saturated carbocycles. The topological polar surface area (TPSA) is 94.1 Å². The Labute approximate surface area is 122 Å². The summed E-state index contributed by atoms with van der Waals surface area (Å²) in [6.45, 7) is 1.22. The molecule has 116 valence electrons. The molecule has 0 aliphatic carbocycles. The van der Waals surface area contributed by atoms with E-state index in [9.17, 15) is 14.7 Å². The van der Waals surface area contributed by atoms with Crippen molar-refractivity contribution >= 4 is 11.9 Å². The van der Waals surface area contributed by atoms with Crippen LogP contribution in [0.3, 0.4) is 0 Å². The molecule has 0 fully saturated rings. The van der Waals surface area contributed by atoms with Crippen LogP contribution in [0.5, 0.6) is 11.5 Å². The van der Waals surface area contributed by atoms with Gasteiger partial charge in [0.1, 0.15) is 0 Å². The van der Waals surface area contributed by atoms with Crippen LogP contribution in [0.2, 0.25) is 0 Å². The van der Waals surface area contributed by atoms with E-state index in [1.807, 2.05) is 0 Å². The first-order chi connectivity index (χ1) is 9.87. The predicted octanol–water partition coefficient (Wildman–Crippen LogP) is 0.923. The first kappa shape index (κ1) is 16.8. The molecule has 7 heteroatoms. The Morgan fingerprint density at radius 1 is 1.19 bits per heavy atom. The molecule has 0 aliphatic rings. The quantitative estimate of drug-likeness (QED) is 0.777. The molecule has 21 heavy (non-hydrogen) atoms. The molecule has 7 nitrogen and oxygen atoms in total. The fraction of sp³-hybridized carbons (Fsp3) is 0.429. The molecule has 1 rings (SSSR count). The molecular weight excluding hydrogens is 278 g/mol. The Balaban J connectivity index is 3.00. The Kier molecular flexibility index (Phi) is 5.54. The van der Waals surface area contributed by atoms with Gasteiger partial charge in [-0.05, 0) is 25.1 Å². The van der Waals surface area contributed by atoms with Gasteiger partial charge in [-0.2, -0.15) is 0 Å². The molecule has 0 radical (unpaired) electrons. The van der Waals surface area contributed by atoms with Crippen LogP contribution in [-0.4, -0.2) is 50.5 Å². The smallest absolute Gasteiger partial charge is 0.331 e. The molecule has 1 aromatic carbocycles. The van der Waals surface area contributed by atoms with E-state index in [4.69, 9.17) is 14.2 Å². The number of aliphatic carboxylic acids is 1. The molecule has 0 bridgehead atoms. The molecule has 1 atom stereocenters. The van der Waals surface area contributed by atoms with Crippen molar-refractivity contribution in [2.24, 2.45) is 0 Å². The monoisotopic (exact) mass is 297 g/mol. The molecule has 1 unspecified atom stereocenters. The number of nitrogens with one attached hydrogen (secondary N) is 1. The average Bonchev–Trinajstić information content (AvgIpc) is 2.46. The summed E-state index contributed by atoms with van der Waals surface area (Å²) in [6.07, 6.45) is 0. The number of hydrogen-bond acceptors (Lipinski definition) is 5. The molecule has 0 aromatic heterocycles. The zero-order valence-electron chi connectivity index (χ0n) is 12.4. The van der Waals surface area contributed by atoms with Crippen molar-refractivity contribution in [3.63, 3.8) is 0 Å². The van der Waals surface area contributed by atoms with Gasteiger partial charge in [-0.15, -0.1) is 0 Å². The maximum Gasteiger partial charge on any atom is 0.331 e. The molecule has 2 N–H and O–H groups in total. The summed E-state index contributed by atoms with van der Waals surface area (Å²) in [5, 5.41) is 11.6. The number of rotatable bonds is 7. The molecule has 1 amide bonds. The Morgan fingerprint density at radius 2 is 1.81 bits per heavy atom. The van der Waals surface area contributed by atoms with Gasteiger partial charge < -0.3 is 24.6 Å². The second-order valence-electron chi connectivity index (χ2n) is 4.59. The molecule has 0 heterocycles. The van der Waals surface area contributed by atoms with E-state index in [-0.39, 0.29) is 12.2 Å². The van der Waals surface area contributed by atoms with Crippen molar-refractivity contribution < 1.29 is 28.9 Å². The zero-order chi connectivity index (χ0) is 16.0. The number of amides is 1. The second kappa shape index (κ2) is 6.94. The van der Waals surface area contributed by atoms with E-state index < -0.39 is 17.4 Å². The Hall–Kier alpha value is -2.28. The van der Waals surface area contributed by atoms with Gasteiger partial charge in [0.2, 0.25) is 0 Å². The third-order valence-corrected chi connectivity index (χ3v) is 2.94. The Bertz CT molecular complexity index is 530. The van der Waals surface area contributed by atoms with E-state index >= 15 is 0 Å². The SMILES string of the molecule is COCC(C)(NC(=O)c1ccc(OC)c(OC)c1)C(=O)O. The van der Waals surface area contributed by atoms with Crippen molar-refractivity contribution in [3.8, 4) is 11.5 Å². The van der Waals surface area contributed by atoms with Gasteiger partial charge in [0, 0.05) is 12.7 Å². The van der Waals surface area contributed by atoms with Crippen molar-refractivity contribution in [2.75, 3.05) is 27.9 Å². The van der Waals surface area contributed by atoms with E-state index in [0.717, 1.165) is 0 Å². The second-order valence-corrected chi connectivity index (χ2v) is 4.59. The van der Waals surface area contributed by atoms with E-state index in [0.29, 0.717) is 11.5 Å². The minimum Gasteiger partial charge on any atom is -0.493 e. The molecule has 0 aliphatic heterocycles. The van der Waals surface area contributed by atoms with Crippen LogP contribution >= 0.6 is 0 Å². The number of benzene rings is 1. The van der Waals surface area contributed by atoms with Gasteiger partial charge in [0.05, 0.1) is 20.8 Å². The summed E-state index contributed by atoms with van der Waals surface area (Å²) < 4.78 is 15.0. The minimum atomic E-state index is -1.51. The fourth-order valence-corrected chi connectivity index (χ4v) is 1.74. The summed E-state index contributed by atoms with van der Waals surface area (Å²) >= 11 is 0. The van der Waals surface area contributed by atoms with Crippen LogP contribution in [0, 0.1) is 0 Å². The highest BCUT2D eigenvalue weighted by molar-refractivity contribution is 5.98. The van der Waals surface area contributed by atoms with E-state index in [1.165, 1.54) is 40.4 Å². The van der Waals surface area contributed by atoms with Gasteiger partial charge in [-0.3, -0.25) is 4.79 Å². The van der Waals surface area contributed by atoms with Gasteiger partial charge in [0.15, 0.2) is 17.0 Å².